The molecule has 1 aromatic rings. The number of aryl methyl sites for hydroxylation is 1. The zero-order valence-corrected chi connectivity index (χ0v) is 11.5. The summed E-state index contributed by atoms with van der Waals surface area (Å²) in [6.45, 7) is 7.02. The number of nitrogens with zero attached hydrogens (tertiary/aromatic N) is 2. The van der Waals surface area contributed by atoms with E-state index in [1.807, 2.05) is 13.0 Å². The SMILES string of the molecule is CCC(CC)CNc1cc(C)nc(C(=O)OC)n1. The molecule has 5 heteroatoms. The van der Waals surface area contributed by atoms with Crippen molar-refractivity contribution in [2.75, 3.05) is 19.0 Å². The molecule has 0 atom stereocenters. The summed E-state index contributed by atoms with van der Waals surface area (Å²) < 4.78 is 4.62. The van der Waals surface area contributed by atoms with Gasteiger partial charge in [-0.25, -0.2) is 14.8 Å². The van der Waals surface area contributed by atoms with Crippen LogP contribution in [0.3, 0.4) is 0 Å². The number of anilines is 1. The lowest BCUT2D eigenvalue weighted by atomic mass is 10.0. The zero-order valence-electron chi connectivity index (χ0n) is 11.5. The molecule has 0 unspecified atom stereocenters. The van der Waals surface area contributed by atoms with Crippen molar-refractivity contribution < 1.29 is 9.53 Å². The van der Waals surface area contributed by atoms with Gasteiger partial charge in [-0.05, 0) is 12.8 Å². The second kappa shape index (κ2) is 6.93. The molecule has 5 nitrogen and oxygen atoms in total. The first-order valence-electron chi connectivity index (χ1n) is 6.28. The van der Waals surface area contributed by atoms with E-state index in [0.29, 0.717) is 11.7 Å². The third-order valence-corrected chi connectivity index (χ3v) is 2.95. The summed E-state index contributed by atoms with van der Waals surface area (Å²) in [5.74, 6) is 0.880. The Morgan fingerprint density at radius 2 is 2.06 bits per heavy atom. The van der Waals surface area contributed by atoms with Gasteiger partial charge < -0.3 is 10.1 Å². The normalized spacial score (nSPS) is 10.5. The lowest BCUT2D eigenvalue weighted by Crippen LogP contribution is -2.16. The average Bonchev–Trinajstić information content (AvgIpc) is 2.38. The predicted octanol–water partition coefficient (Wildman–Crippen LogP) is 2.42. The van der Waals surface area contributed by atoms with Crippen molar-refractivity contribution in [2.45, 2.75) is 33.6 Å². The molecule has 1 heterocycles. The van der Waals surface area contributed by atoms with Gasteiger partial charge in [0, 0.05) is 18.3 Å². The molecule has 0 saturated carbocycles. The van der Waals surface area contributed by atoms with Crippen LogP contribution >= 0.6 is 0 Å². The lowest BCUT2D eigenvalue weighted by Gasteiger charge is -2.14. The molecule has 0 amide bonds. The minimum atomic E-state index is -0.510. The van der Waals surface area contributed by atoms with Gasteiger partial charge in [0.2, 0.25) is 5.82 Å². The summed E-state index contributed by atoms with van der Waals surface area (Å²) in [7, 11) is 1.32. The van der Waals surface area contributed by atoms with Gasteiger partial charge in [0.25, 0.3) is 0 Å². The molecule has 0 spiro atoms. The van der Waals surface area contributed by atoms with Crippen molar-refractivity contribution in [1.29, 1.82) is 0 Å². The summed E-state index contributed by atoms with van der Waals surface area (Å²) in [5.41, 5.74) is 0.748. The second-order valence-corrected chi connectivity index (χ2v) is 4.27. The van der Waals surface area contributed by atoms with Crippen LogP contribution in [0.15, 0.2) is 6.07 Å². The zero-order chi connectivity index (χ0) is 13.5. The fourth-order valence-corrected chi connectivity index (χ4v) is 1.67. The van der Waals surface area contributed by atoms with E-state index in [2.05, 4.69) is 33.9 Å². The van der Waals surface area contributed by atoms with E-state index in [0.717, 1.165) is 25.1 Å². The van der Waals surface area contributed by atoms with E-state index in [9.17, 15) is 4.79 Å². The lowest BCUT2D eigenvalue weighted by molar-refractivity contribution is 0.0586. The van der Waals surface area contributed by atoms with E-state index in [4.69, 9.17) is 0 Å². The molecular weight excluding hydrogens is 230 g/mol. The predicted molar refractivity (Wildman–Crippen MR) is 70.7 cm³/mol. The number of hydrogen-bond acceptors (Lipinski definition) is 5. The van der Waals surface area contributed by atoms with E-state index in [1.165, 1.54) is 7.11 Å². The molecule has 1 aromatic heterocycles. The Balaban J connectivity index is 2.77. The fraction of sp³-hybridized carbons (Fsp3) is 0.615. The number of rotatable bonds is 6. The minimum absolute atomic E-state index is 0.101. The van der Waals surface area contributed by atoms with Crippen molar-refractivity contribution >= 4 is 11.8 Å². The second-order valence-electron chi connectivity index (χ2n) is 4.27. The Hall–Kier alpha value is -1.65. The average molecular weight is 251 g/mol. The first-order valence-corrected chi connectivity index (χ1v) is 6.28. The van der Waals surface area contributed by atoms with Crippen LogP contribution in [0.25, 0.3) is 0 Å². The van der Waals surface area contributed by atoms with E-state index in [-0.39, 0.29) is 5.82 Å². The highest BCUT2D eigenvalue weighted by Crippen LogP contribution is 2.11. The van der Waals surface area contributed by atoms with Gasteiger partial charge in [-0.3, -0.25) is 0 Å². The molecule has 1 N–H and O–H groups in total. The van der Waals surface area contributed by atoms with Crippen LogP contribution < -0.4 is 5.32 Å². The van der Waals surface area contributed by atoms with Crippen LogP contribution in [-0.2, 0) is 4.74 Å². The van der Waals surface area contributed by atoms with E-state index in [1.54, 1.807) is 0 Å². The van der Waals surface area contributed by atoms with Crippen LogP contribution in [0.2, 0.25) is 0 Å². The molecule has 1 rings (SSSR count). The Labute approximate surface area is 108 Å². The third kappa shape index (κ3) is 3.98. The van der Waals surface area contributed by atoms with E-state index >= 15 is 0 Å². The maximum atomic E-state index is 11.4. The van der Waals surface area contributed by atoms with Crippen LogP contribution in [-0.4, -0.2) is 29.6 Å². The standard InChI is InChI=1S/C13H21N3O2/c1-5-10(6-2)8-14-11-7-9(3)15-12(16-11)13(17)18-4/h7,10H,5-6,8H2,1-4H3,(H,14,15,16). The van der Waals surface area contributed by atoms with E-state index < -0.39 is 5.97 Å². The van der Waals surface area contributed by atoms with Crippen LogP contribution in [0, 0.1) is 12.8 Å². The van der Waals surface area contributed by atoms with Crippen molar-refractivity contribution in [2.24, 2.45) is 5.92 Å². The molecule has 0 fully saturated rings. The van der Waals surface area contributed by atoms with Gasteiger partial charge in [-0.1, -0.05) is 26.7 Å². The highest BCUT2D eigenvalue weighted by atomic mass is 16.5. The van der Waals surface area contributed by atoms with Gasteiger partial charge in [0.05, 0.1) is 7.11 Å². The quantitative estimate of drug-likeness (QED) is 0.787. The molecule has 0 saturated heterocycles. The monoisotopic (exact) mass is 251 g/mol. The van der Waals surface area contributed by atoms with Crippen molar-refractivity contribution in [3.63, 3.8) is 0 Å². The third-order valence-electron chi connectivity index (χ3n) is 2.95. The number of methoxy groups -OCH3 is 1. The summed E-state index contributed by atoms with van der Waals surface area (Å²) in [6.07, 6.45) is 2.24. The van der Waals surface area contributed by atoms with Gasteiger partial charge in [-0.15, -0.1) is 0 Å². The number of nitrogens with one attached hydrogen (secondary N) is 1. The number of carbonyl (C=O) groups excluding carboxylic acids is 1. The number of carbonyl (C=O) groups is 1. The van der Waals surface area contributed by atoms with Gasteiger partial charge in [0.1, 0.15) is 5.82 Å². The molecule has 0 radical (unpaired) electrons. The Morgan fingerprint density at radius 3 is 2.61 bits per heavy atom. The topological polar surface area (TPSA) is 64.1 Å². The number of esters is 1. The van der Waals surface area contributed by atoms with Gasteiger partial charge in [0.15, 0.2) is 0 Å². The molecule has 0 aliphatic carbocycles. The molecule has 0 aromatic carbocycles. The van der Waals surface area contributed by atoms with Gasteiger partial charge in [-0.2, -0.15) is 0 Å². The summed E-state index contributed by atoms with van der Waals surface area (Å²) in [5, 5.41) is 3.25. The maximum absolute atomic E-state index is 11.4. The summed E-state index contributed by atoms with van der Waals surface area (Å²) in [6, 6.07) is 1.83. The van der Waals surface area contributed by atoms with Crippen LogP contribution in [0.4, 0.5) is 5.82 Å². The van der Waals surface area contributed by atoms with Crippen molar-refractivity contribution in [3.05, 3.63) is 17.6 Å². The highest BCUT2D eigenvalue weighted by Gasteiger charge is 2.12. The Morgan fingerprint density at radius 1 is 1.39 bits per heavy atom. The fourth-order valence-electron chi connectivity index (χ4n) is 1.67. The first kappa shape index (κ1) is 14.4. The van der Waals surface area contributed by atoms with Crippen LogP contribution in [0.1, 0.15) is 43.0 Å². The van der Waals surface area contributed by atoms with Crippen LogP contribution in [0.5, 0.6) is 0 Å². The molecular formula is C13H21N3O2. The number of hydrogen-bond donors (Lipinski definition) is 1. The molecule has 0 aliphatic rings. The summed E-state index contributed by atoms with van der Waals surface area (Å²) >= 11 is 0. The maximum Gasteiger partial charge on any atom is 0.376 e. The summed E-state index contributed by atoms with van der Waals surface area (Å²) in [4.78, 5) is 19.6. The molecule has 0 aliphatic heterocycles. The Bertz CT molecular complexity index is 403. The Kier molecular flexibility index (Phi) is 5.55. The molecule has 100 valence electrons. The molecule has 18 heavy (non-hydrogen) atoms. The largest absolute Gasteiger partial charge is 0.463 e. The first-order chi connectivity index (χ1) is 8.60. The minimum Gasteiger partial charge on any atom is -0.463 e. The van der Waals surface area contributed by atoms with Gasteiger partial charge >= 0.3 is 5.97 Å². The molecule has 0 bridgehead atoms. The van der Waals surface area contributed by atoms with Crippen molar-refractivity contribution in [3.8, 4) is 0 Å². The van der Waals surface area contributed by atoms with Crippen molar-refractivity contribution in [1.82, 2.24) is 9.97 Å². The highest BCUT2D eigenvalue weighted by molar-refractivity contribution is 5.85. The number of aromatic nitrogens is 2. The number of ether oxygens (including phenoxy) is 1. The smallest absolute Gasteiger partial charge is 0.376 e.